The van der Waals surface area contributed by atoms with E-state index >= 15 is 0 Å². The van der Waals surface area contributed by atoms with E-state index in [0.717, 1.165) is 0 Å². The first-order chi connectivity index (χ1) is 8.16. The van der Waals surface area contributed by atoms with E-state index in [1.807, 2.05) is 0 Å². The first kappa shape index (κ1) is 12.0. The van der Waals surface area contributed by atoms with Crippen molar-refractivity contribution < 1.29 is 14.3 Å². The van der Waals surface area contributed by atoms with E-state index < -0.39 is 0 Å². The Balaban J connectivity index is 2.15. The van der Waals surface area contributed by atoms with Crippen molar-refractivity contribution in [2.24, 2.45) is 0 Å². The maximum Gasteiger partial charge on any atom is 0.231 e. The molecule has 1 heterocycles. The lowest BCUT2D eigenvalue weighted by Gasteiger charge is -1.98. The van der Waals surface area contributed by atoms with Gasteiger partial charge in [0, 0.05) is 5.56 Å². The van der Waals surface area contributed by atoms with Gasteiger partial charge in [0.05, 0.1) is 0 Å². The predicted octanol–water partition coefficient (Wildman–Crippen LogP) is 3.47. The highest BCUT2D eigenvalue weighted by atomic mass is 35.5. The molecule has 0 bridgehead atoms. The van der Waals surface area contributed by atoms with Crippen LogP contribution in [0.25, 0.3) is 0 Å². The van der Waals surface area contributed by atoms with Crippen molar-refractivity contribution in [2.45, 2.75) is 0 Å². The number of allylic oxidation sites excluding steroid dienone is 3. The first-order valence-electron chi connectivity index (χ1n) is 4.80. The van der Waals surface area contributed by atoms with Crippen LogP contribution in [-0.2, 0) is 0 Å². The van der Waals surface area contributed by atoms with E-state index in [2.05, 4.69) is 0 Å². The molecular weight excluding hydrogens is 263 g/mol. The summed E-state index contributed by atoms with van der Waals surface area (Å²) in [6.07, 6.45) is 4.29. The Morgan fingerprint density at radius 2 is 2.00 bits per heavy atom. The molecule has 0 saturated carbocycles. The second-order valence-corrected chi connectivity index (χ2v) is 4.26. The average Bonchev–Trinajstić information content (AvgIpc) is 2.75. The second kappa shape index (κ2) is 5.25. The Hall–Kier alpha value is -1.45. The Kier molecular flexibility index (Phi) is 3.71. The molecule has 1 aromatic rings. The molecule has 1 aromatic carbocycles. The van der Waals surface area contributed by atoms with Crippen LogP contribution in [0.3, 0.4) is 0 Å². The van der Waals surface area contributed by atoms with E-state index in [1.54, 1.807) is 18.2 Å². The van der Waals surface area contributed by atoms with E-state index in [4.69, 9.17) is 32.7 Å². The highest BCUT2D eigenvalue weighted by Gasteiger charge is 2.14. The normalized spacial score (nSPS) is 12.8. The van der Waals surface area contributed by atoms with E-state index in [1.165, 1.54) is 18.2 Å². The summed E-state index contributed by atoms with van der Waals surface area (Å²) in [6, 6.07) is 5.01. The van der Waals surface area contributed by atoms with E-state index in [-0.39, 0.29) is 17.1 Å². The van der Waals surface area contributed by atoms with Gasteiger partial charge in [-0.25, -0.2) is 0 Å². The monoisotopic (exact) mass is 270 g/mol. The summed E-state index contributed by atoms with van der Waals surface area (Å²) in [7, 11) is 0. The summed E-state index contributed by atoms with van der Waals surface area (Å²) in [5, 5.41) is 0. The molecule has 0 atom stereocenters. The number of ketones is 1. The third-order valence-electron chi connectivity index (χ3n) is 2.13. The standard InChI is InChI=1S/C12H8Cl2O3/c13-12(14)3-1-2-9(15)8-4-5-10-11(6-8)17-7-16-10/h1-6H,7H2/b2-1-. The van der Waals surface area contributed by atoms with Gasteiger partial charge in [-0.1, -0.05) is 29.3 Å². The number of carbonyl (C=O) groups excluding carboxylic acids is 1. The zero-order valence-electron chi connectivity index (χ0n) is 8.65. The van der Waals surface area contributed by atoms with Gasteiger partial charge in [-0.05, 0) is 30.4 Å². The molecule has 88 valence electrons. The average molecular weight is 271 g/mol. The molecule has 0 aliphatic carbocycles. The zero-order valence-corrected chi connectivity index (χ0v) is 10.2. The Morgan fingerprint density at radius 3 is 2.76 bits per heavy atom. The number of ether oxygens (including phenoxy) is 2. The lowest BCUT2D eigenvalue weighted by atomic mass is 10.1. The third kappa shape index (κ3) is 3.02. The molecule has 0 saturated heterocycles. The summed E-state index contributed by atoms with van der Waals surface area (Å²) < 4.78 is 10.4. The van der Waals surface area contributed by atoms with Crippen LogP contribution in [-0.4, -0.2) is 12.6 Å². The van der Waals surface area contributed by atoms with Crippen molar-refractivity contribution in [3.8, 4) is 11.5 Å². The summed E-state index contributed by atoms with van der Waals surface area (Å²) in [4.78, 5) is 11.7. The van der Waals surface area contributed by atoms with Crippen LogP contribution in [0.4, 0.5) is 0 Å². The summed E-state index contributed by atoms with van der Waals surface area (Å²) in [6.45, 7) is 0.188. The quantitative estimate of drug-likeness (QED) is 0.479. The van der Waals surface area contributed by atoms with Crippen LogP contribution in [0.5, 0.6) is 11.5 Å². The maximum absolute atomic E-state index is 11.7. The Morgan fingerprint density at radius 1 is 1.24 bits per heavy atom. The van der Waals surface area contributed by atoms with Gasteiger partial charge in [0.2, 0.25) is 6.79 Å². The van der Waals surface area contributed by atoms with Crippen molar-refractivity contribution >= 4 is 29.0 Å². The van der Waals surface area contributed by atoms with Crippen LogP contribution < -0.4 is 9.47 Å². The van der Waals surface area contributed by atoms with Gasteiger partial charge in [-0.15, -0.1) is 0 Å². The zero-order chi connectivity index (χ0) is 12.3. The van der Waals surface area contributed by atoms with Gasteiger partial charge in [0.15, 0.2) is 17.3 Å². The van der Waals surface area contributed by atoms with Gasteiger partial charge in [-0.2, -0.15) is 0 Å². The van der Waals surface area contributed by atoms with Crippen molar-refractivity contribution in [2.75, 3.05) is 6.79 Å². The fourth-order valence-electron chi connectivity index (χ4n) is 1.35. The van der Waals surface area contributed by atoms with Crippen molar-refractivity contribution in [1.29, 1.82) is 0 Å². The minimum Gasteiger partial charge on any atom is -0.454 e. The van der Waals surface area contributed by atoms with Gasteiger partial charge < -0.3 is 9.47 Å². The molecule has 0 N–H and O–H groups in total. The predicted molar refractivity (Wildman–Crippen MR) is 65.8 cm³/mol. The minimum absolute atomic E-state index is 0.0970. The molecule has 0 spiro atoms. The maximum atomic E-state index is 11.7. The van der Waals surface area contributed by atoms with Crippen molar-refractivity contribution in [3.05, 3.63) is 46.5 Å². The number of halogens is 2. The van der Waals surface area contributed by atoms with Gasteiger partial charge in [-0.3, -0.25) is 4.79 Å². The number of rotatable bonds is 3. The molecule has 0 aromatic heterocycles. The largest absolute Gasteiger partial charge is 0.454 e. The van der Waals surface area contributed by atoms with E-state index in [9.17, 15) is 4.79 Å². The first-order valence-corrected chi connectivity index (χ1v) is 5.56. The third-order valence-corrected chi connectivity index (χ3v) is 2.38. The van der Waals surface area contributed by atoms with Crippen LogP contribution >= 0.6 is 23.2 Å². The number of fused-ring (bicyclic) bond motifs is 1. The molecule has 0 amide bonds. The molecule has 17 heavy (non-hydrogen) atoms. The lowest BCUT2D eigenvalue weighted by Crippen LogP contribution is -1.94. The highest BCUT2D eigenvalue weighted by molar-refractivity contribution is 6.56. The topological polar surface area (TPSA) is 35.5 Å². The Labute approximate surface area is 108 Å². The highest BCUT2D eigenvalue weighted by Crippen LogP contribution is 2.32. The molecule has 1 aliphatic rings. The molecule has 2 rings (SSSR count). The summed E-state index contributed by atoms with van der Waals surface area (Å²) in [5.41, 5.74) is 0.518. The number of hydrogen-bond acceptors (Lipinski definition) is 3. The van der Waals surface area contributed by atoms with Crippen LogP contribution in [0.15, 0.2) is 40.9 Å². The van der Waals surface area contributed by atoms with Crippen molar-refractivity contribution in [3.63, 3.8) is 0 Å². The number of hydrogen-bond donors (Lipinski definition) is 0. The van der Waals surface area contributed by atoms with Gasteiger partial charge in [0.1, 0.15) is 4.49 Å². The number of benzene rings is 1. The molecule has 0 fully saturated rings. The Bertz CT molecular complexity index is 502. The smallest absolute Gasteiger partial charge is 0.231 e. The number of carbonyl (C=O) groups is 1. The molecular formula is C12H8Cl2O3. The summed E-state index contributed by atoms with van der Waals surface area (Å²) in [5.74, 6) is 1.07. The molecule has 0 radical (unpaired) electrons. The molecule has 0 unspecified atom stereocenters. The molecule has 3 nitrogen and oxygen atoms in total. The molecule has 1 aliphatic heterocycles. The van der Waals surface area contributed by atoms with Gasteiger partial charge >= 0.3 is 0 Å². The van der Waals surface area contributed by atoms with Crippen LogP contribution in [0, 0.1) is 0 Å². The fourth-order valence-corrected chi connectivity index (χ4v) is 1.50. The SMILES string of the molecule is O=C(/C=C\C=C(Cl)Cl)c1ccc2c(c1)OCO2. The van der Waals surface area contributed by atoms with Gasteiger partial charge in [0.25, 0.3) is 0 Å². The van der Waals surface area contributed by atoms with Crippen molar-refractivity contribution in [1.82, 2.24) is 0 Å². The van der Waals surface area contributed by atoms with Crippen LogP contribution in [0.2, 0.25) is 0 Å². The lowest BCUT2D eigenvalue weighted by molar-refractivity contribution is 0.104. The second-order valence-electron chi connectivity index (χ2n) is 3.25. The summed E-state index contributed by atoms with van der Waals surface area (Å²) >= 11 is 10.8. The molecule has 5 heteroatoms. The minimum atomic E-state index is -0.158. The van der Waals surface area contributed by atoms with E-state index in [0.29, 0.717) is 17.1 Å². The fraction of sp³-hybridized carbons (Fsp3) is 0.0833. The van der Waals surface area contributed by atoms with Crippen LogP contribution in [0.1, 0.15) is 10.4 Å².